The Morgan fingerprint density at radius 3 is 2.38 bits per heavy atom. The summed E-state index contributed by atoms with van der Waals surface area (Å²) in [7, 11) is 0. The molecule has 0 bridgehead atoms. The highest BCUT2D eigenvalue weighted by Crippen LogP contribution is 2.20. The molecular formula is C14H24O2. The molecule has 2 heteroatoms. The van der Waals surface area contributed by atoms with Gasteiger partial charge in [0, 0.05) is 6.42 Å². The number of carbonyl (C=O) groups is 1. The second-order valence-corrected chi connectivity index (χ2v) is 4.71. The minimum absolute atomic E-state index is 0.0604. The zero-order chi connectivity index (χ0) is 12.4. The lowest BCUT2D eigenvalue weighted by Crippen LogP contribution is -2.31. The summed E-state index contributed by atoms with van der Waals surface area (Å²) in [6, 6.07) is 0. The highest BCUT2D eigenvalue weighted by molar-refractivity contribution is 5.49. The Balaban J connectivity index is 3.67. The molecule has 0 rings (SSSR count). The molecule has 0 heterocycles. The molecule has 92 valence electrons. The van der Waals surface area contributed by atoms with E-state index in [9.17, 15) is 4.79 Å². The summed E-state index contributed by atoms with van der Waals surface area (Å²) in [6.45, 7) is 9.27. The topological polar surface area (TPSA) is 26.3 Å². The van der Waals surface area contributed by atoms with Crippen LogP contribution in [0.15, 0.2) is 17.9 Å². The zero-order valence-corrected chi connectivity index (χ0v) is 11.0. The molecule has 16 heavy (non-hydrogen) atoms. The number of ether oxygens (including phenoxy) is 1. The number of carbonyl (C=O) groups excluding carboxylic acids is 1. The van der Waals surface area contributed by atoms with E-state index >= 15 is 0 Å². The largest absolute Gasteiger partial charge is 0.375 e. The molecule has 0 amide bonds. The highest BCUT2D eigenvalue weighted by atomic mass is 16.5. The summed E-state index contributed by atoms with van der Waals surface area (Å²) in [5, 5.41) is 0. The smallest absolute Gasteiger partial charge is 0.120 e. The first kappa shape index (κ1) is 15.2. The van der Waals surface area contributed by atoms with Crippen molar-refractivity contribution in [3.05, 3.63) is 17.9 Å². The first-order chi connectivity index (χ1) is 7.50. The van der Waals surface area contributed by atoms with Gasteiger partial charge in [0.15, 0.2) is 0 Å². The average Bonchev–Trinajstić information content (AvgIpc) is 2.21. The van der Waals surface area contributed by atoms with Gasteiger partial charge in [-0.25, -0.2) is 0 Å². The van der Waals surface area contributed by atoms with Gasteiger partial charge in [0.1, 0.15) is 6.29 Å². The summed E-state index contributed by atoms with van der Waals surface area (Å²) in [5.74, 6) is 0.514. The van der Waals surface area contributed by atoms with Gasteiger partial charge in [-0.05, 0) is 44.8 Å². The molecule has 0 N–H and O–H groups in total. The minimum Gasteiger partial charge on any atom is -0.375 e. The molecule has 0 saturated heterocycles. The maximum Gasteiger partial charge on any atom is 0.120 e. The van der Waals surface area contributed by atoms with E-state index in [2.05, 4.69) is 33.4 Å². The number of hydrogen-bond acceptors (Lipinski definition) is 2. The lowest BCUT2D eigenvalue weighted by Gasteiger charge is -2.29. The van der Waals surface area contributed by atoms with Crippen LogP contribution in [0.2, 0.25) is 0 Å². The molecule has 0 aliphatic heterocycles. The van der Waals surface area contributed by atoms with Crippen LogP contribution in [0.1, 0.15) is 47.0 Å². The molecule has 0 atom stereocenters. The Labute approximate surface area is 99.4 Å². The third-order valence-corrected chi connectivity index (χ3v) is 2.79. The van der Waals surface area contributed by atoms with Crippen molar-refractivity contribution in [2.75, 3.05) is 6.61 Å². The number of aldehydes is 1. The van der Waals surface area contributed by atoms with Gasteiger partial charge in [0.2, 0.25) is 0 Å². The van der Waals surface area contributed by atoms with Crippen LogP contribution in [0.4, 0.5) is 0 Å². The fraction of sp³-hybridized carbons (Fsp3) is 0.714. The molecule has 0 aromatic heterocycles. The van der Waals surface area contributed by atoms with Crippen LogP contribution in [-0.4, -0.2) is 18.5 Å². The maximum atomic E-state index is 10.0. The van der Waals surface area contributed by atoms with Gasteiger partial charge in [0.05, 0.1) is 12.2 Å². The summed E-state index contributed by atoms with van der Waals surface area (Å²) in [4.78, 5) is 10.0. The van der Waals surface area contributed by atoms with Crippen LogP contribution in [0.3, 0.4) is 0 Å². The van der Waals surface area contributed by atoms with E-state index < -0.39 is 0 Å². The SMILES string of the molecule is CC(C)C(C)(C)OCCC=C=CCCC=O. The lowest BCUT2D eigenvalue weighted by atomic mass is 9.95. The van der Waals surface area contributed by atoms with Gasteiger partial charge in [0.25, 0.3) is 0 Å². The highest BCUT2D eigenvalue weighted by Gasteiger charge is 2.21. The first-order valence-corrected chi connectivity index (χ1v) is 5.97. The molecule has 0 aromatic carbocycles. The quantitative estimate of drug-likeness (QED) is 0.358. The van der Waals surface area contributed by atoms with Crippen molar-refractivity contribution in [1.82, 2.24) is 0 Å². The monoisotopic (exact) mass is 224 g/mol. The second-order valence-electron chi connectivity index (χ2n) is 4.71. The number of rotatable bonds is 8. The molecule has 0 aliphatic carbocycles. The fourth-order valence-corrected chi connectivity index (χ4v) is 0.949. The third-order valence-electron chi connectivity index (χ3n) is 2.79. The van der Waals surface area contributed by atoms with Crippen molar-refractivity contribution < 1.29 is 9.53 Å². The number of hydrogen-bond donors (Lipinski definition) is 0. The van der Waals surface area contributed by atoms with Gasteiger partial charge < -0.3 is 9.53 Å². The van der Waals surface area contributed by atoms with Crippen LogP contribution in [-0.2, 0) is 9.53 Å². The van der Waals surface area contributed by atoms with Crippen molar-refractivity contribution in [2.24, 2.45) is 5.92 Å². The van der Waals surface area contributed by atoms with Crippen molar-refractivity contribution in [2.45, 2.75) is 52.6 Å². The van der Waals surface area contributed by atoms with E-state index in [4.69, 9.17) is 4.74 Å². The predicted octanol–water partition coefficient (Wildman–Crippen LogP) is 3.52. The van der Waals surface area contributed by atoms with Crippen molar-refractivity contribution in [3.8, 4) is 0 Å². The van der Waals surface area contributed by atoms with E-state index in [1.54, 1.807) is 0 Å². The van der Waals surface area contributed by atoms with Crippen LogP contribution in [0, 0.1) is 5.92 Å². The fourth-order valence-electron chi connectivity index (χ4n) is 0.949. The standard InChI is InChI=1S/C14H24O2/c1-13(2)14(3,4)16-12-10-8-6-5-7-9-11-15/h5,8,11,13H,7,9-10,12H2,1-4H3. The Morgan fingerprint density at radius 2 is 1.81 bits per heavy atom. The molecule has 0 radical (unpaired) electrons. The van der Waals surface area contributed by atoms with Crippen molar-refractivity contribution >= 4 is 6.29 Å². The predicted molar refractivity (Wildman–Crippen MR) is 67.4 cm³/mol. The van der Waals surface area contributed by atoms with Gasteiger partial charge >= 0.3 is 0 Å². The van der Waals surface area contributed by atoms with E-state index in [1.807, 2.05) is 12.2 Å². The first-order valence-electron chi connectivity index (χ1n) is 5.97. The van der Waals surface area contributed by atoms with Crippen LogP contribution in [0.25, 0.3) is 0 Å². The normalized spacial score (nSPS) is 11.1. The van der Waals surface area contributed by atoms with E-state index in [-0.39, 0.29) is 5.60 Å². The molecule has 0 aromatic rings. The Kier molecular flexibility index (Phi) is 7.88. The van der Waals surface area contributed by atoms with Crippen LogP contribution >= 0.6 is 0 Å². The van der Waals surface area contributed by atoms with Crippen LogP contribution in [0.5, 0.6) is 0 Å². The Hall–Kier alpha value is -0.850. The molecule has 0 saturated carbocycles. The summed E-state index contributed by atoms with van der Waals surface area (Å²) >= 11 is 0. The van der Waals surface area contributed by atoms with Crippen molar-refractivity contribution in [1.29, 1.82) is 0 Å². The lowest BCUT2D eigenvalue weighted by molar-refractivity contribution is -0.107. The minimum atomic E-state index is -0.0604. The molecule has 0 spiro atoms. The van der Waals surface area contributed by atoms with E-state index in [1.165, 1.54) is 0 Å². The molecule has 0 aliphatic rings. The molecule has 0 fully saturated rings. The summed E-state index contributed by atoms with van der Waals surface area (Å²) < 4.78 is 5.78. The van der Waals surface area contributed by atoms with Gasteiger partial charge in [-0.2, -0.15) is 0 Å². The molecule has 0 unspecified atom stereocenters. The van der Waals surface area contributed by atoms with Crippen LogP contribution < -0.4 is 0 Å². The zero-order valence-electron chi connectivity index (χ0n) is 11.0. The maximum absolute atomic E-state index is 10.0. The third kappa shape index (κ3) is 7.44. The molecule has 2 nitrogen and oxygen atoms in total. The Morgan fingerprint density at radius 1 is 1.19 bits per heavy atom. The van der Waals surface area contributed by atoms with Gasteiger partial charge in [-0.1, -0.05) is 13.8 Å². The summed E-state index contributed by atoms with van der Waals surface area (Å²) in [6.07, 6.45) is 7.00. The van der Waals surface area contributed by atoms with E-state index in [0.29, 0.717) is 12.3 Å². The van der Waals surface area contributed by atoms with Gasteiger partial charge in [-0.3, -0.25) is 0 Å². The molecular weight excluding hydrogens is 200 g/mol. The van der Waals surface area contributed by atoms with E-state index in [0.717, 1.165) is 25.7 Å². The number of unbranched alkanes of at least 4 members (excludes halogenated alkanes) is 1. The average molecular weight is 224 g/mol. The second kappa shape index (κ2) is 8.32. The van der Waals surface area contributed by atoms with Crippen molar-refractivity contribution in [3.63, 3.8) is 0 Å². The Bertz CT molecular complexity index is 245. The summed E-state index contributed by atoms with van der Waals surface area (Å²) in [5.41, 5.74) is 2.99. The van der Waals surface area contributed by atoms with Gasteiger partial charge in [-0.15, -0.1) is 5.73 Å².